The van der Waals surface area contributed by atoms with Crippen LogP contribution in [0, 0.1) is 22.7 Å². The summed E-state index contributed by atoms with van der Waals surface area (Å²) in [4.78, 5) is 0. The molecular formula is C17H16N4O. The van der Waals surface area contributed by atoms with Gasteiger partial charge in [0.2, 0.25) is 0 Å². The van der Waals surface area contributed by atoms with Gasteiger partial charge in [0.05, 0.1) is 34.9 Å². The van der Waals surface area contributed by atoms with E-state index in [1.54, 1.807) is 6.92 Å². The van der Waals surface area contributed by atoms with Gasteiger partial charge in [0.15, 0.2) is 0 Å². The molecule has 2 N–H and O–H groups in total. The number of benzene rings is 1. The number of hydrogen-bond acceptors (Lipinski definition) is 5. The molecule has 0 radical (unpaired) electrons. The summed E-state index contributed by atoms with van der Waals surface area (Å²) >= 11 is 0. The van der Waals surface area contributed by atoms with Crippen LogP contribution in [-0.2, 0) is 0 Å². The van der Waals surface area contributed by atoms with Crippen molar-refractivity contribution in [3.63, 3.8) is 0 Å². The number of dihydropyridines is 1. The van der Waals surface area contributed by atoms with E-state index in [0.717, 1.165) is 22.5 Å². The minimum Gasteiger partial charge on any atom is -0.411 e. The molecule has 0 amide bonds. The van der Waals surface area contributed by atoms with E-state index in [2.05, 4.69) is 22.6 Å². The minimum atomic E-state index is -0.400. The third-order valence-corrected chi connectivity index (χ3v) is 3.79. The number of oxime groups is 1. The van der Waals surface area contributed by atoms with Crippen LogP contribution < -0.4 is 5.32 Å². The molecule has 1 aromatic rings. The minimum absolute atomic E-state index is 0.400. The lowest BCUT2D eigenvalue weighted by Gasteiger charge is -2.26. The maximum Gasteiger partial charge on any atom is 0.0975 e. The average Bonchev–Trinajstić information content (AvgIpc) is 2.53. The zero-order valence-corrected chi connectivity index (χ0v) is 12.7. The lowest BCUT2D eigenvalue weighted by molar-refractivity contribution is 0.319. The number of nitrogens with one attached hydrogen (secondary N) is 1. The van der Waals surface area contributed by atoms with Gasteiger partial charge in [-0.3, -0.25) is 0 Å². The summed E-state index contributed by atoms with van der Waals surface area (Å²) in [5.74, 6) is -0.400. The largest absolute Gasteiger partial charge is 0.411 e. The highest BCUT2D eigenvalue weighted by Crippen LogP contribution is 2.37. The third kappa shape index (κ3) is 2.57. The van der Waals surface area contributed by atoms with Gasteiger partial charge in [-0.25, -0.2) is 0 Å². The van der Waals surface area contributed by atoms with Gasteiger partial charge in [-0.2, -0.15) is 10.5 Å². The Bertz CT molecular complexity index is 752. The molecule has 110 valence electrons. The number of hydrogen-bond donors (Lipinski definition) is 2. The summed E-state index contributed by atoms with van der Waals surface area (Å²) in [6.45, 7) is 5.35. The lowest BCUT2D eigenvalue weighted by Crippen LogP contribution is -2.23. The molecule has 0 fully saturated rings. The Kier molecular flexibility index (Phi) is 4.29. The molecule has 0 saturated carbocycles. The van der Waals surface area contributed by atoms with E-state index in [0.29, 0.717) is 16.9 Å². The first kappa shape index (κ1) is 15.3. The van der Waals surface area contributed by atoms with Crippen molar-refractivity contribution >= 4 is 5.71 Å². The molecule has 0 atom stereocenters. The van der Waals surface area contributed by atoms with E-state index in [1.165, 1.54) is 0 Å². The normalized spacial score (nSPS) is 16.1. The van der Waals surface area contributed by atoms with Crippen LogP contribution in [-0.4, -0.2) is 10.9 Å². The standard InChI is InChI=1S/C17H16N4O/c1-10(21-22)13-5-4-6-14(7-13)17-15(8-18)11(2)20-12(3)16(17)9-19/h4-7,17,20,22H,1-3H3. The van der Waals surface area contributed by atoms with Crippen molar-refractivity contribution in [3.05, 3.63) is 57.9 Å². The number of nitriles is 2. The van der Waals surface area contributed by atoms with Gasteiger partial charge < -0.3 is 10.5 Å². The molecular weight excluding hydrogens is 276 g/mol. The van der Waals surface area contributed by atoms with Gasteiger partial charge in [0.1, 0.15) is 0 Å². The molecule has 1 aliphatic heterocycles. The van der Waals surface area contributed by atoms with Crippen LogP contribution in [0.25, 0.3) is 0 Å². The molecule has 0 saturated heterocycles. The number of rotatable bonds is 2. The molecule has 22 heavy (non-hydrogen) atoms. The molecule has 0 bridgehead atoms. The van der Waals surface area contributed by atoms with Crippen molar-refractivity contribution < 1.29 is 5.21 Å². The second kappa shape index (κ2) is 6.15. The molecule has 1 aliphatic rings. The van der Waals surface area contributed by atoms with Crippen LogP contribution in [0.1, 0.15) is 37.8 Å². The van der Waals surface area contributed by atoms with Crippen LogP contribution in [0.15, 0.2) is 52.0 Å². The van der Waals surface area contributed by atoms with Crippen molar-refractivity contribution in [1.29, 1.82) is 10.5 Å². The SMILES string of the molecule is CC(=NO)c1cccc(C2C(C#N)=C(C)NC(C)=C2C#N)c1. The molecule has 1 heterocycles. The molecule has 0 aliphatic carbocycles. The van der Waals surface area contributed by atoms with Crippen LogP contribution >= 0.6 is 0 Å². The first-order valence-electron chi connectivity index (χ1n) is 6.81. The summed E-state index contributed by atoms with van der Waals surface area (Å²) in [5, 5.41) is 34.2. The lowest BCUT2D eigenvalue weighted by atomic mass is 9.81. The Morgan fingerprint density at radius 3 is 2.27 bits per heavy atom. The molecule has 2 rings (SSSR count). The zero-order valence-electron chi connectivity index (χ0n) is 12.7. The smallest absolute Gasteiger partial charge is 0.0975 e. The molecule has 1 aromatic carbocycles. The van der Waals surface area contributed by atoms with Gasteiger partial charge in [-0.05, 0) is 38.0 Å². The van der Waals surface area contributed by atoms with Crippen molar-refractivity contribution in [1.82, 2.24) is 5.32 Å². The predicted molar refractivity (Wildman–Crippen MR) is 82.9 cm³/mol. The molecule has 5 nitrogen and oxygen atoms in total. The number of nitrogens with zero attached hydrogens (tertiary/aromatic N) is 3. The van der Waals surface area contributed by atoms with Gasteiger partial charge in [0, 0.05) is 11.4 Å². The monoisotopic (exact) mass is 292 g/mol. The maximum atomic E-state index is 9.47. The van der Waals surface area contributed by atoms with Crippen LogP contribution in [0.2, 0.25) is 0 Å². The topological polar surface area (TPSA) is 92.2 Å². The van der Waals surface area contributed by atoms with Crippen molar-refractivity contribution in [3.8, 4) is 12.1 Å². The molecule has 0 unspecified atom stereocenters. The summed E-state index contributed by atoms with van der Waals surface area (Å²) in [6.07, 6.45) is 0. The Morgan fingerprint density at radius 1 is 1.18 bits per heavy atom. The highest BCUT2D eigenvalue weighted by Gasteiger charge is 2.29. The first-order valence-corrected chi connectivity index (χ1v) is 6.81. The zero-order chi connectivity index (χ0) is 16.3. The van der Waals surface area contributed by atoms with Crippen LogP contribution in [0.3, 0.4) is 0 Å². The number of allylic oxidation sites excluding steroid dienone is 4. The van der Waals surface area contributed by atoms with E-state index in [1.807, 2.05) is 38.1 Å². The van der Waals surface area contributed by atoms with Gasteiger partial charge in [0.25, 0.3) is 0 Å². The van der Waals surface area contributed by atoms with Gasteiger partial charge in [-0.1, -0.05) is 23.4 Å². The third-order valence-electron chi connectivity index (χ3n) is 3.79. The molecule has 5 heteroatoms. The Hall–Kier alpha value is -3.05. The predicted octanol–water partition coefficient (Wildman–Crippen LogP) is 3.17. The van der Waals surface area contributed by atoms with E-state index in [9.17, 15) is 10.5 Å². The maximum absolute atomic E-state index is 9.47. The van der Waals surface area contributed by atoms with Gasteiger partial charge in [-0.15, -0.1) is 0 Å². The fourth-order valence-corrected chi connectivity index (χ4v) is 2.62. The average molecular weight is 292 g/mol. The quantitative estimate of drug-likeness (QED) is 0.497. The van der Waals surface area contributed by atoms with Crippen molar-refractivity contribution in [2.45, 2.75) is 26.7 Å². The second-order valence-corrected chi connectivity index (χ2v) is 5.17. The van der Waals surface area contributed by atoms with Crippen molar-refractivity contribution in [2.75, 3.05) is 0 Å². The highest BCUT2D eigenvalue weighted by molar-refractivity contribution is 5.98. The van der Waals surface area contributed by atoms with E-state index < -0.39 is 5.92 Å². The second-order valence-electron chi connectivity index (χ2n) is 5.17. The fraction of sp³-hybridized carbons (Fsp3) is 0.235. The summed E-state index contributed by atoms with van der Waals surface area (Å²) in [7, 11) is 0. The van der Waals surface area contributed by atoms with Crippen LogP contribution in [0.4, 0.5) is 0 Å². The fourth-order valence-electron chi connectivity index (χ4n) is 2.62. The Balaban J connectivity index is 2.64. The summed E-state index contributed by atoms with van der Waals surface area (Å²) in [5.41, 5.74) is 4.62. The van der Waals surface area contributed by atoms with E-state index >= 15 is 0 Å². The van der Waals surface area contributed by atoms with E-state index in [-0.39, 0.29) is 0 Å². The van der Waals surface area contributed by atoms with E-state index in [4.69, 9.17) is 5.21 Å². The summed E-state index contributed by atoms with van der Waals surface area (Å²) in [6, 6.07) is 11.8. The van der Waals surface area contributed by atoms with Crippen molar-refractivity contribution in [2.24, 2.45) is 5.16 Å². The highest BCUT2D eigenvalue weighted by atomic mass is 16.4. The van der Waals surface area contributed by atoms with Gasteiger partial charge >= 0.3 is 0 Å². The molecule has 0 aromatic heterocycles. The Morgan fingerprint density at radius 2 is 1.77 bits per heavy atom. The summed E-state index contributed by atoms with van der Waals surface area (Å²) < 4.78 is 0. The molecule has 0 spiro atoms. The first-order chi connectivity index (χ1) is 10.5. The van der Waals surface area contributed by atoms with Crippen LogP contribution in [0.5, 0.6) is 0 Å². The Labute approximate surface area is 129 Å².